The van der Waals surface area contributed by atoms with Gasteiger partial charge in [-0.3, -0.25) is 4.79 Å². The second kappa shape index (κ2) is 9.93. The van der Waals surface area contributed by atoms with Crippen LogP contribution in [0.2, 0.25) is 0 Å². The van der Waals surface area contributed by atoms with E-state index in [0.717, 1.165) is 34.4 Å². The molecule has 3 aromatic rings. The molecule has 1 aromatic heterocycles. The van der Waals surface area contributed by atoms with Gasteiger partial charge in [0.15, 0.2) is 5.16 Å². The molecular formula is C22H24N4O2S. The van der Waals surface area contributed by atoms with Crippen molar-refractivity contribution in [2.45, 2.75) is 25.5 Å². The van der Waals surface area contributed by atoms with E-state index >= 15 is 0 Å². The van der Waals surface area contributed by atoms with Crippen molar-refractivity contribution in [2.24, 2.45) is 5.10 Å². The first kappa shape index (κ1) is 20.7. The van der Waals surface area contributed by atoms with Crippen LogP contribution in [-0.4, -0.2) is 34.5 Å². The molecule has 0 spiro atoms. The zero-order valence-corrected chi connectivity index (χ0v) is 17.6. The number of hydrogen-bond donors (Lipinski definition) is 1. The van der Waals surface area contributed by atoms with Crippen molar-refractivity contribution in [1.82, 2.24) is 15.0 Å². The molecule has 1 amide bonds. The van der Waals surface area contributed by atoms with E-state index in [1.807, 2.05) is 49.4 Å². The highest BCUT2D eigenvalue weighted by Crippen LogP contribution is 2.22. The molecule has 0 aliphatic rings. The Balaban J connectivity index is 1.57. The summed E-state index contributed by atoms with van der Waals surface area (Å²) in [5.41, 5.74) is 6.72. The first-order chi connectivity index (χ1) is 14.1. The van der Waals surface area contributed by atoms with Crippen LogP contribution in [0, 0.1) is 13.8 Å². The van der Waals surface area contributed by atoms with Crippen LogP contribution in [0.25, 0.3) is 0 Å². The number of nitrogens with one attached hydrogen (secondary N) is 1. The first-order valence-electron chi connectivity index (χ1n) is 9.23. The van der Waals surface area contributed by atoms with Crippen LogP contribution in [0.15, 0.2) is 64.9 Å². The fourth-order valence-corrected chi connectivity index (χ4v) is 3.60. The molecule has 150 valence electrons. The third kappa shape index (κ3) is 5.71. The Kier molecular flexibility index (Phi) is 7.08. The maximum atomic E-state index is 12.2. The van der Waals surface area contributed by atoms with E-state index in [1.54, 1.807) is 13.3 Å². The minimum atomic E-state index is -0.177. The van der Waals surface area contributed by atoms with Crippen LogP contribution in [0.4, 0.5) is 0 Å². The summed E-state index contributed by atoms with van der Waals surface area (Å²) in [5, 5.41) is 4.85. The van der Waals surface area contributed by atoms with Crippen molar-refractivity contribution in [3.05, 3.63) is 77.1 Å². The molecule has 1 N–H and O–H groups in total. The summed E-state index contributed by atoms with van der Waals surface area (Å²) in [6.45, 7) is 4.77. The van der Waals surface area contributed by atoms with Gasteiger partial charge in [-0.15, -0.1) is 0 Å². The first-order valence-corrected chi connectivity index (χ1v) is 10.2. The summed E-state index contributed by atoms with van der Waals surface area (Å²) < 4.78 is 7.26. The lowest BCUT2D eigenvalue weighted by atomic mass is 10.2. The number of imidazole rings is 1. The molecule has 0 aliphatic carbocycles. The Morgan fingerprint density at radius 1 is 1.17 bits per heavy atom. The summed E-state index contributed by atoms with van der Waals surface area (Å²) >= 11 is 1.41. The predicted molar refractivity (Wildman–Crippen MR) is 117 cm³/mol. The van der Waals surface area contributed by atoms with Gasteiger partial charge in [0.1, 0.15) is 5.75 Å². The molecule has 0 unspecified atom stereocenters. The van der Waals surface area contributed by atoms with Crippen LogP contribution in [0.1, 0.15) is 22.5 Å². The summed E-state index contributed by atoms with van der Waals surface area (Å²) in [5.74, 6) is 0.841. The monoisotopic (exact) mass is 408 g/mol. The number of benzene rings is 2. The number of aromatic nitrogens is 2. The highest BCUT2D eigenvalue weighted by atomic mass is 32.2. The van der Waals surface area contributed by atoms with Crippen molar-refractivity contribution in [3.8, 4) is 5.75 Å². The molecule has 0 atom stereocenters. The van der Waals surface area contributed by atoms with Gasteiger partial charge >= 0.3 is 0 Å². The molecule has 0 saturated carbocycles. The lowest BCUT2D eigenvalue weighted by molar-refractivity contribution is -0.118. The Morgan fingerprint density at radius 2 is 1.90 bits per heavy atom. The van der Waals surface area contributed by atoms with Gasteiger partial charge in [-0.05, 0) is 49.2 Å². The van der Waals surface area contributed by atoms with Crippen LogP contribution >= 0.6 is 11.8 Å². The standard InChI is InChI=1S/C22H24N4O2S/c1-16-17(2)26(14-19-7-5-4-6-8-19)22(24-16)29-15-21(27)25-23-13-18-9-11-20(28-3)12-10-18/h4-13H,14-15H2,1-3H3,(H,25,27)/b23-13+. The lowest BCUT2D eigenvalue weighted by Crippen LogP contribution is -2.20. The van der Waals surface area contributed by atoms with Crippen LogP contribution in [0.3, 0.4) is 0 Å². The van der Waals surface area contributed by atoms with Gasteiger partial charge in [-0.2, -0.15) is 5.10 Å². The number of amides is 1. The van der Waals surface area contributed by atoms with Gasteiger partial charge in [-0.1, -0.05) is 42.1 Å². The maximum Gasteiger partial charge on any atom is 0.250 e. The lowest BCUT2D eigenvalue weighted by Gasteiger charge is -2.09. The second-order valence-electron chi connectivity index (χ2n) is 6.49. The molecule has 0 bridgehead atoms. The Labute approximate surface area is 175 Å². The molecule has 0 radical (unpaired) electrons. The number of methoxy groups -OCH3 is 1. The topological polar surface area (TPSA) is 68.5 Å². The zero-order valence-electron chi connectivity index (χ0n) is 16.8. The van der Waals surface area contributed by atoms with Gasteiger partial charge in [0.2, 0.25) is 0 Å². The van der Waals surface area contributed by atoms with E-state index in [1.165, 1.54) is 17.3 Å². The van der Waals surface area contributed by atoms with E-state index in [2.05, 4.69) is 39.1 Å². The van der Waals surface area contributed by atoms with E-state index in [9.17, 15) is 4.79 Å². The number of hydrazone groups is 1. The molecule has 0 fully saturated rings. The van der Waals surface area contributed by atoms with Gasteiger partial charge < -0.3 is 9.30 Å². The normalized spacial score (nSPS) is 11.0. The van der Waals surface area contributed by atoms with Crippen molar-refractivity contribution in [3.63, 3.8) is 0 Å². The summed E-state index contributed by atoms with van der Waals surface area (Å²) in [6.07, 6.45) is 1.60. The Bertz CT molecular complexity index is 982. The number of hydrogen-bond acceptors (Lipinski definition) is 5. The molecule has 29 heavy (non-hydrogen) atoms. The van der Waals surface area contributed by atoms with Crippen molar-refractivity contribution >= 4 is 23.9 Å². The second-order valence-corrected chi connectivity index (χ2v) is 7.43. The van der Waals surface area contributed by atoms with Gasteiger partial charge in [0, 0.05) is 12.2 Å². The van der Waals surface area contributed by atoms with Gasteiger partial charge in [-0.25, -0.2) is 10.4 Å². The Hall–Kier alpha value is -3.06. The predicted octanol–water partition coefficient (Wildman–Crippen LogP) is 3.80. The number of carbonyl (C=O) groups excluding carboxylic acids is 1. The molecular weight excluding hydrogens is 384 g/mol. The van der Waals surface area contributed by atoms with Crippen molar-refractivity contribution < 1.29 is 9.53 Å². The molecule has 6 nitrogen and oxygen atoms in total. The van der Waals surface area contributed by atoms with Crippen LogP contribution in [0.5, 0.6) is 5.75 Å². The minimum absolute atomic E-state index is 0.177. The quantitative estimate of drug-likeness (QED) is 0.350. The molecule has 2 aromatic carbocycles. The smallest absolute Gasteiger partial charge is 0.250 e. The number of ether oxygens (including phenoxy) is 1. The van der Waals surface area contributed by atoms with Crippen LogP contribution in [-0.2, 0) is 11.3 Å². The van der Waals surface area contributed by atoms with Crippen molar-refractivity contribution in [1.29, 1.82) is 0 Å². The fourth-order valence-electron chi connectivity index (χ4n) is 2.72. The molecule has 0 aliphatic heterocycles. The number of thioether (sulfide) groups is 1. The molecule has 7 heteroatoms. The number of rotatable bonds is 8. The number of carbonyl (C=O) groups is 1. The van der Waals surface area contributed by atoms with Gasteiger partial charge in [0.05, 0.1) is 24.8 Å². The average Bonchev–Trinajstić information content (AvgIpc) is 3.01. The van der Waals surface area contributed by atoms with E-state index < -0.39 is 0 Å². The zero-order chi connectivity index (χ0) is 20.6. The summed E-state index contributed by atoms with van der Waals surface area (Å²) in [7, 11) is 1.62. The van der Waals surface area contributed by atoms with Gasteiger partial charge in [0.25, 0.3) is 5.91 Å². The molecule has 0 saturated heterocycles. The van der Waals surface area contributed by atoms with E-state index in [-0.39, 0.29) is 11.7 Å². The number of nitrogens with zero attached hydrogens (tertiary/aromatic N) is 3. The molecule has 1 heterocycles. The maximum absolute atomic E-state index is 12.2. The third-order valence-electron chi connectivity index (χ3n) is 4.46. The minimum Gasteiger partial charge on any atom is -0.497 e. The SMILES string of the molecule is COc1ccc(/C=N/NC(=O)CSc2nc(C)c(C)n2Cc2ccccc2)cc1. The van der Waals surface area contributed by atoms with Crippen LogP contribution < -0.4 is 10.2 Å². The fraction of sp³-hybridized carbons (Fsp3) is 0.227. The van der Waals surface area contributed by atoms with E-state index in [4.69, 9.17) is 4.74 Å². The highest BCUT2D eigenvalue weighted by molar-refractivity contribution is 7.99. The average molecular weight is 409 g/mol. The third-order valence-corrected chi connectivity index (χ3v) is 5.43. The van der Waals surface area contributed by atoms with Crippen molar-refractivity contribution in [2.75, 3.05) is 12.9 Å². The summed E-state index contributed by atoms with van der Waals surface area (Å²) in [4.78, 5) is 16.8. The van der Waals surface area contributed by atoms with E-state index in [0.29, 0.717) is 0 Å². The summed E-state index contributed by atoms with van der Waals surface area (Å²) in [6, 6.07) is 17.7. The Morgan fingerprint density at radius 3 is 2.59 bits per heavy atom. The largest absolute Gasteiger partial charge is 0.497 e. The number of aryl methyl sites for hydroxylation is 1. The molecule has 3 rings (SSSR count). The highest BCUT2D eigenvalue weighted by Gasteiger charge is 2.13.